The normalized spacial score (nSPS) is 15.8. The third-order valence-corrected chi connectivity index (χ3v) is 3.80. The second kappa shape index (κ2) is 6.94. The fourth-order valence-corrected chi connectivity index (χ4v) is 2.56. The maximum atomic E-state index is 12.4. The third kappa shape index (κ3) is 4.32. The van der Waals surface area contributed by atoms with Gasteiger partial charge in [0, 0.05) is 24.9 Å². The van der Waals surface area contributed by atoms with Gasteiger partial charge in [0.2, 0.25) is 0 Å². The molecule has 1 aromatic rings. The lowest BCUT2D eigenvalue weighted by Crippen LogP contribution is -2.33. The molecule has 1 aromatic heterocycles. The molecule has 1 unspecified atom stereocenters. The highest BCUT2D eigenvalue weighted by atomic mass is 16.4. The van der Waals surface area contributed by atoms with Crippen LogP contribution in [0.25, 0.3) is 0 Å². The summed E-state index contributed by atoms with van der Waals surface area (Å²) >= 11 is 0. The van der Waals surface area contributed by atoms with Crippen LogP contribution in [0.2, 0.25) is 0 Å². The molecule has 0 bridgehead atoms. The summed E-state index contributed by atoms with van der Waals surface area (Å²) in [6.07, 6.45) is 4.36. The number of carboxylic acid groups (broad SMARTS) is 1. The Kier molecular flexibility index (Phi) is 5.21. The molecular weight excluding hydrogens is 282 g/mol. The Morgan fingerprint density at radius 2 is 2.09 bits per heavy atom. The number of carbonyl (C=O) groups excluding carboxylic acids is 1. The Morgan fingerprint density at radius 1 is 1.41 bits per heavy atom. The van der Waals surface area contributed by atoms with Gasteiger partial charge in [0.05, 0.1) is 17.5 Å². The van der Waals surface area contributed by atoms with Crippen LogP contribution < -0.4 is 5.32 Å². The molecule has 1 aliphatic rings. The van der Waals surface area contributed by atoms with Crippen LogP contribution >= 0.6 is 0 Å². The minimum atomic E-state index is -0.843. The SMILES string of the molecule is CC(C)Cn1ncc(C(=O)NC(C)CCC(=O)O)c1C1CC1. The highest BCUT2D eigenvalue weighted by molar-refractivity contribution is 5.95. The topological polar surface area (TPSA) is 84.2 Å². The van der Waals surface area contributed by atoms with Crippen LogP contribution in [0, 0.1) is 5.92 Å². The van der Waals surface area contributed by atoms with Gasteiger partial charge >= 0.3 is 5.97 Å². The van der Waals surface area contributed by atoms with Crippen molar-refractivity contribution in [3.05, 3.63) is 17.5 Å². The maximum absolute atomic E-state index is 12.4. The molecule has 1 aliphatic carbocycles. The van der Waals surface area contributed by atoms with E-state index in [4.69, 9.17) is 5.11 Å². The molecule has 1 saturated carbocycles. The van der Waals surface area contributed by atoms with Gasteiger partial charge < -0.3 is 10.4 Å². The Bertz CT molecular complexity index is 547. The molecular formula is C16H25N3O3. The average Bonchev–Trinajstić information content (AvgIpc) is 3.17. The van der Waals surface area contributed by atoms with Crippen LogP contribution in [0.4, 0.5) is 0 Å². The number of nitrogens with one attached hydrogen (secondary N) is 1. The highest BCUT2D eigenvalue weighted by Crippen LogP contribution is 2.41. The van der Waals surface area contributed by atoms with Crippen molar-refractivity contribution < 1.29 is 14.7 Å². The van der Waals surface area contributed by atoms with Crippen LogP contribution in [0.15, 0.2) is 6.20 Å². The van der Waals surface area contributed by atoms with E-state index in [-0.39, 0.29) is 18.4 Å². The van der Waals surface area contributed by atoms with Crippen molar-refractivity contribution in [3.63, 3.8) is 0 Å². The second-order valence-electron chi connectivity index (χ2n) is 6.60. The van der Waals surface area contributed by atoms with Crippen molar-refractivity contribution in [2.24, 2.45) is 5.92 Å². The first-order valence-electron chi connectivity index (χ1n) is 7.96. The van der Waals surface area contributed by atoms with Gasteiger partial charge in [0.25, 0.3) is 5.91 Å². The first-order chi connectivity index (χ1) is 10.4. The van der Waals surface area contributed by atoms with E-state index in [1.165, 1.54) is 0 Å². The lowest BCUT2D eigenvalue weighted by atomic mass is 10.1. The molecule has 6 heteroatoms. The van der Waals surface area contributed by atoms with E-state index >= 15 is 0 Å². The molecule has 6 nitrogen and oxygen atoms in total. The predicted molar refractivity (Wildman–Crippen MR) is 82.8 cm³/mol. The van der Waals surface area contributed by atoms with E-state index in [2.05, 4.69) is 24.3 Å². The Hall–Kier alpha value is -1.85. The zero-order chi connectivity index (χ0) is 16.3. The molecule has 22 heavy (non-hydrogen) atoms. The lowest BCUT2D eigenvalue weighted by Gasteiger charge is -2.14. The molecule has 0 saturated heterocycles. The average molecular weight is 307 g/mol. The van der Waals surface area contributed by atoms with E-state index in [1.807, 2.05) is 11.6 Å². The number of hydrogen-bond donors (Lipinski definition) is 2. The van der Waals surface area contributed by atoms with Gasteiger partial charge in [-0.1, -0.05) is 13.8 Å². The lowest BCUT2D eigenvalue weighted by molar-refractivity contribution is -0.137. The fourth-order valence-electron chi connectivity index (χ4n) is 2.56. The summed E-state index contributed by atoms with van der Waals surface area (Å²) < 4.78 is 1.96. The van der Waals surface area contributed by atoms with Crippen molar-refractivity contribution >= 4 is 11.9 Å². The van der Waals surface area contributed by atoms with E-state index < -0.39 is 5.97 Å². The van der Waals surface area contributed by atoms with Gasteiger partial charge in [-0.25, -0.2) is 0 Å². The largest absolute Gasteiger partial charge is 0.481 e. The van der Waals surface area contributed by atoms with Crippen molar-refractivity contribution in [1.29, 1.82) is 0 Å². The van der Waals surface area contributed by atoms with E-state index in [0.29, 0.717) is 23.8 Å². The maximum Gasteiger partial charge on any atom is 0.303 e. The summed E-state index contributed by atoms with van der Waals surface area (Å²) in [5.74, 6) is -0.0709. The van der Waals surface area contributed by atoms with E-state index in [9.17, 15) is 9.59 Å². The summed E-state index contributed by atoms with van der Waals surface area (Å²) in [7, 11) is 0. The Labute approximate surface area is 130 Å². The number of carboxylic acids is 1. The smallest absolute Gasteiger partial charge is 0.303 e. The van der Waals surface area contributed by atoms with Gasteiger partial charge in [-0.15, -0.1) is 0 Å². The van der Waals surface area contributed by atoms with Crippen molar-refractivity contribution in [3.8, 4) is 0 Å². The molecule has 0 aromatic carbocycles. The molecule has 1 atom stereocenters. The third-order valence-electron chi connectivity index (χ3n) is 3.80. The minimum absolute atomic E-state index is 0.0591. The van der Waals surface area contributed by atoms with Gasteiger partial charge in [0.15, 0.2) is 0 Å². The van der Waals surface area contributed by atoms with Gasteiger partial charge in [-0.2, -0.15) is 5.10 Å². The molecule has 122 valence electrons. The molecule has 0 radical (unpaired) electrons. The van der Waals surface area contributed by atoms with Gasteiger partial charge in [-0.3, -0.25) is 14.3 Å². The van der Waals surface area contributed by atoms with Crippen molar-refractivity contribution in [1.82, 2.24) is 15.1 Å². The summed E-state index contributed by atoms with van der Waals surface area (Å²) in [5, 5.41) is 16.0. The number of amides is 1. The van der Waals surface area contributed by atoms with Crippen LogP contribution in [0.3, 0.4) is 0 Å². The quantitative estimate of drug-likeness (QED) is 0.772. The zero-order valence-corrected chi connectivity index (χ0v) is 13.5. The van der Waals surface area contributed by atoms with Crippen LogP contribution in [-0.2, 0) is 11.3 Å². The fraction of sp³-hybridized carbons (Fsp3) is 0.688. The second-order valence-corrected chi connectivity index (χ2v) is 6.60. The number of aliphatic carboxylic acids is 1. The summed E-state index contributed by atoms with van der Waals surface area (Å²) in [6, 6.07) is -0.163. The van der Waals surface area contributed by atoms with E-state index in [1.54, 1.807) is 6.20 Å². The standard InChI is InChI=1S/C16H25N3O3/c1-10(2)9-19-15(12-5-6-12)13(8-17-19)16(22)18-11(3)4-7-14(20)21/h8,10-12H,4-7,9H2,1-3H3,(H,18,22)(H,20,21). The number of rotatable bonds is 8. The highest BCUT2D eigenvalue weighted by Gasteiger charge is 2.32. The first-order valence-corrected chi connectivity index (χ1v) is 7.96. The molecule has 2 rings (SSSR count). The summed E-state index contributed by atoms with van der Waals surface area (Å²) in [5.41, 5.74) is 1.68. The minimum Gasteiger partial charge on any atom is -0.481 e. The molecule has 0 aliphatic heterocycles. The number of carbonyl (C=O) groups is 2. The predicted octanol–water partition coefficient (Wildman–Crippen LogP) is 2.40. The van der Waals surface area contributed by atoms with Crippen molar-refractivity contribution in [2.45, 2.75) is 65.0 Å². The number of nitrogens with zero attached hydrogens (tertiary/aromatic N) is 2. The van der Waals surface area contributed by atoms with Crippen molar-refractivity contribution in [2.75, 3.05) is 0 Å². The number of hydrogen-bond acceptors (Lipinski definition) is 3. The first kappa shape index (κ1) is 16.5. The molecule has 1 heterocycles. The summed E-state index contributed by atoms with van der Waals surface area (Å²) in [4.78, 5) is 23.0. The van der Waals surface area contributed by atoms with E-state index in [0.717, 1.165) is 25.1 Å². The number of aromatic nitrogens is 2. The van der Waals surface area contributed by atoms with Gasteiger partial charge in [0.1, 0.15) is 0 Å². The Morgan fingerprint density at radius 3 is 2.64 bits per heavy atom. The molecule has 0 spiro atoms. The molecule has 1 amide bonds. The monoisotopic (exact) mass is 307 g/mol. The van der Waals surface area contributed by atoms with Crippen LogP contribution in [0.1, 0.15) is 68.4 Å². The molecule has 2 N–H and O–H groups in total. The zero-order valence-electron chi connectivity index (χ0n) is 13.5. The Balaban J connectivity index is 2.06. The molecule has 1 fully saturated rings. The summed E-state index contributed by atoms with van der Waals surface area (Å²) in [6.45, 7) is 6.90. The van der Waals surface area contributed by atoms with Gasteiger partial charge in [-0.05, 0) is 32.1 Å². The van der Waals surface area contributed by atoms with Crippen LogP contribution in [-0.4, -0.2) is 32.8 Å². The van der Waals surface area contributed by atoms with Crippen LogP contribution in [0.5, 0.6) is 0 Å².